The van der Waals surface area contributed by atoms with Gasteiger partial charge >= 0.3 is 0 Å². The average molecular weight is 292 g/mol. The Balaban J connectivity index is 2.35. The first kappa shape index (κ1) is 12.9. The van der Waals surface area contributed by atoms with E-state index in [2.05, 4.69) is 29.8 Å². The fourth-order valence-corrected chi connectivity index (χ4v) is 1.44. The van der Waals surface area contributed by atoms with Crippen LogP contribution < -0.4 is 4.74 Å². The highest BCUT2D eigenvalue weighted by atomic mass is 79.9. The molecule has 0 aromatic heterocycles. The van der Waals surface area contributed by atoms with E-state index in [0.29, 0.717) is 12.5 Å². The first-order valence-electron chi connectivity index (χ1n) is 4.98. The zero-order valence-electron chi connectivity index (χ0n) is 9.09. The number of benzene rings is 1. The molecule has 0 spiro atoms. The molecule has 0 N–H and O–H groups in total. The lowest BCUT2D eigenvalue weighted by atomic mass is 9.93. The van der Waals surface area contributed by atoms with Gasteiger partial charge in [0.25, 0.3) is 0 Å². The van der Waals surface area contributed by atoms with Gasteiger partial charge in [0.2, 0.25) is 0 Å². The maximum atomic E-state index is 5.83. The Morgan fingerprint density at radius 3 is 2.40 bits per heavy atom. The molecule has 0 amide bonds. The van der Waals surface area contributed by atoms with Gasteiger partial charge in [-0.2, -0.15) is 0 Å². The summed E-state index contributed by atoms with van der Waals surface area (Å²) >= 11 is 9.22. The van der Waals surface area contributed by atoms with E-state index in [0.717, 1.165) is 16.6 Å². The van der Waals surface area contributed by atoms with Gasteiger partial charge in [-0.3, -0.25) is 0 Å². The van der Waals surface area contributed by atoms with Gasteiger partial charge < -0.3 is 4.74 Å². The summed E-state index contributed by atoms with van der Waals surface area (Å²) in [5, 5.41) is 0. The minimum atomic E-state index is 0.150. The van der Waals surface area contributed by atoms with Gasteiger partial charge in [-0.05, 0) is 36.1 Å². The molecule has 0 saturated carbocycles. The second-order valence-corrected chi connectivity index (χ2v) is 5.53. The zero-order chi connectivity index (χ0) is 11.3. The molecule has 0 aliphatic heterocycles. The minimum Gasteiger partial charge on any atom is -0.494 e. The number of hydrogen-bond acceptors (Lipinski definition) is 1. The topological polar surface area (TPSA) is 9.23 Å². The quantitative estimate of drug-likeness (QED) is 0.727. The molecule has 0 heterocycles. The third kappa shape index (κ3) is 4.89. The molecule has 1 aromatic rings. The molecule has 15 heavy (non-hydrogen) atoms. The highest BCUT2D eigenvalue weighted by Crippen LogP contribution is 2.23. The van der Waals surface area contributed by atoms with E-state index in [1.807, 2.05) is 24.3 Å². The maximum absolute atomic E-state index is 5.83. The van der Waals surface area contributed by atoms with Crippen LogP contribution in [0.5, 0.6) is 5.75 Å². The average Bonchev–Trinajstić information content (AvgIpc) is 2.21. The molecule has 0 unspecified atom stereocenters. The maximum Gasteiger partial charge on any atom is 0.119 e. The van der Waals surface area contributed by atoms with Crippen molar-refractivity contribution in [3.63, 3.8) is 0 Å². The lowest BCUT2D eigenvalue weighted by molar-refractivity contribution is 0.245. The van der Waals surface area contributed by atoms with Crippen LogP contribution in [0.2, 0.25) is 0 Å². The van der Waals surface area contributed by atoms with E-state index in [1.54, 1.807) is 0 Å². The molecule has 0 aliphatic carbocycles. The third-order valence-corrected chi connectivity index (χ3v) is 3.48. The predicted octanol–water partition coefficient (Wildman–Crippen LogP) is 4.48. The number of alkyl halides is 1. The minimum absolute atomic E-state index is 0.150. The van der Waals surface area contributed by atoms with E-state index in [4.69, 9.17) is 16.3 Å². The van der Waals surface area contributed by atoms with Gasteiger partial charge in [0.1, 0.15) is 5.75 Å². The van der Waals surface area contributed by atoms with E-state index < -0.39 is 0 Å². The van der Waals surface area contributed by atoms with Crippen molar-refractivity contribution in [1.82, 2.24) is 0 Å². The van der Waals surface area contributed by atoms with Crippen LogP contribution in [0.3, 0.4) is 0 Å². The molecule has 1 nitrogen and oxygen atoms in total. The highest BCUT2D eigenvalue weighted by molar-refractivity contribution is 9.10. The van der Waals surface area contributed by atoms with E-state index in [1.165, 1.54) is 0 Å². The summed E-state index contributed by atoms with van der Waals surface area (Å²) in [4.78, 5) is 0. The van der Waals surface area contributed by atoms with Crippen LogP contribution in [0.25, 0.3) is 0 Å². The van der Waals surface area contributed by atoms with Gasteiger partial charge in [-0.15, -0.1) is 11.6 Å². The molecule has 0 aliphatic rings. The lowest BCUT2D eigenvalue weighted by Gasteiger charge is -2.21. The molecular weight excluding hydrogens is 275 g/mol. The molecule has 0 radical (unpaired) electrons. The normalized spacial score (nSPS) is 11.5. The Bertz CT molecular complexity index is 295. The molecule has 0 atom stereocenters. The zero-order valence-corrected chi connectivity index (χ0v) is 11.4. The Morgan fingerprint density at radius 2 is 1.87 bits per heavy atom. The van der Waals surface area contributed by atoms with Crippen molar-refractivity contribution in [2.75, 3.05) is 12.5 Å². The van der Waals surface area contributed by atoms with Crippen molar-refractivity contribution >= 4 is 27.5 Å². The first-order valence-corrected chi connectivity index (χ1v) is 6.31. The fourth-order valence-electron chi connectivity index (χ4n) is 1.04. The molecule has 84 valence electrons. The summed E-state index contributed by atoms with van der Waals surface area (Å²) in [5.74, 6) is 1.57. The van der Waals surface area contributed by atoms with Crippen LogP contribution in [-0.2, 0) is 0 Å². The van der Waals surface area contributed by atoms with Crippen molar-refractivity contribution in [2.24, 2.45) is 5.41 Å². The molecule has 1 aromatic carbocycles. The van der Waals surface area contributed by atoms with Crippen LogP contribution >= 0.6 is 27.5 Å². The SMILES string of the molecule is CC(C)(CCl)CCOc1ccc(Br)cc1. The molecule has 3 heteroatoms. The second kappa shape index (κ2) is 5.76. The standard InChI is InChI=1S/C12H16BrClO/c1-12(2,9-14)7-8-15-11-5-3-10(13)4-6-11/h3-6H,7-9H2,1-2H3. The largest absolute Gasteiger partial charge is 0.494 e. The summed E-state index contributed by atoms with van der Waals surface area (Å²) in [6.45, 7) is 5.00. The van der Waals surface area contributed by atoms with Gasteiger partial charge in [0, 0.05) is 10.4 Å². The Hall–Kier alpha value is -0.210. The van der Waals surface area contributed by atoms with Crippen LogP contribution in [-0.4, -0.2) is 12.5 Å². The van der Waals surface area contributed by atoms with E-state index in [-0.39, 0.29) is 5.41 Å². The Labute approximate surface area is 105 Å². The third-order valence-electron chi connectivity index (χ3n) is 2.22. The molecular formula is C12H16BrClO. The van der Waals surface area contributed by atoms with E-state index >= 15 is 0 Å². The molecule has 0 saturated heterocycles. The molecule has 0 fully saturated rings. The van der Waals surface area contributed by atoms with Crippen LogP contribution in [0.1, 0.15) is 20.3 Å². The Kier molecular flexibility index (Phi) is 4.94. The predicted molar refractivity (Wildman–Crippen MR) is 68.8 cm³/mol. The number of ether oxygens (including phenoxy) is 1. The van der Waals surface area contributed by atoms with Crippen LogP contribution in [0.4, 0.5) is 0 Å². The van der Waals surface area contributed by atoms with Gasteiger partial charge in [0.05, 0.1) is 6.61 Å². The smallest absolute Gasteiger partial charge is 0.119 e. The highest BCUT2D eigenvalue weighted by Gasteiger charge is 2.15. The van der Waals surface area contributed by atoms with Crippen molar-refractivity contribution < 1.29 is 4.74 Å². The van der Waals surface area contributed by atoms with Crippen molar-refractivity contribution in [1.29, 1.82) is 0 Å². The first-order chi connectivity index (χ1) is 7.03. The summed E-state index contributed by atoms with van der Waals surface area (Å²) < 4.78 is 6.68. The monoisotopic (exact) mass is 290 g/mol. The van der Waals surface area contributed by atoms with Crippen LogP contribution in [0, 0.1) is 5.41 Å². The number of halogens is 2. The Morgan fingerprint density at radius 1 is 1.27 bits per heavy atom. The number of rotatable bonds is 5. The second-order valence-electron chi connectivity index (χ2n) is 4.35. The van der Waals surface area contributed by atoms with Gasteiger partial charge in [-0.1, -0.05) is 29.8 Å². The summed E-state index contributed by atoms with van der Waals surface area (Å²) in [6.07, 6.45) is 0.965. The number of hydrogen-bond donors (Lipinski definition) is 0. The summed E-state index contributed by atoms with van der Waals surface area (Å²) in [5.41, 5.74) is 0.150. The van der Waals surface area contributed by atoms with E-state index in [9.17, 15) is 0 Å². The van der Waals surface area contributed by atoms with Gasteiger partial charge in [-0.25, -0.2) is 0 Å². The van der Waals surface area contributed by atoms with Crippen molar-refractivity contribution in [3.8, 4) is 5.75 Å². The fraction of sp³-hybridized carbons (Fsp3) is 0.500. The van der Waals surface area contributed by atoms with Crippen molar-refractivity contribution in [2.45, 2.75) is 20.3 Å². The molecule has 1 rings (SSSR count). The van der Waals surface area contributed by atoms with Crippen molar-refractivity contribution in [3.05, 3.63) is 28.7 Å². The summed E-state index contributed by atoms with van der Waals surface area (Å²) in [7, 11) is 0. The van der Waals surface area contributed by atoms with Crippen LogP contribution in [0.15, 0.2) is 28.7 Å². The lowest BCUT2D eigenvalue weighted by Crippen LogP contribution is -2.17. The van der Waals surface area contributed by atoms with Gasteiger partial charge in [0.15, 0.2) is 0 Å². The molecule has 0 bridgehead atoms. The summed E-state index contributed by atoms with van der Waals surface area (Å²) in [6, 6.07) is 7.86.